The number of hydrogen-bond donors (Lipinski definition) is 1. The molecule has 1 aromatic rings. The van der Waals surface area contributed by atoms with Gasteiger partial charge in [-0.2, -0.15) is 0 Å². The summed E-state index contributed by atoms with van der Waals surface area (Å²) in [5.41, 5.74) is 0.796. The molecule has 0 amide bonds. The maximum atomic E-state index is 13.5. The van der Waals surface area contributed by atoms with Crippen LogP contribution in [0.2, 0.25) is 0 Å². The summed E-state index contributed by atoms with van der Waals surface area (Å²) in [7, 11) is 2.07. The van der Waals surface area contributed by atoms with E-state index in [2.05, 4.69) is 17.3 Å². The molecule has 106 valence electrons. The van der Waals surface area contributed by atoms with Crippen molar-refractivity contribution in [1.82, 2.24) is 10.2 Å². The minimum absolute atomic E-state index is 0.0918. The molecule has 1 aliphatic heterocycles. The van der Waals surface area contributed by atoms with Gasteiger partial charge in [0.05, 0.1) is 0 Å². The Labute approximate surface area is 116 Å². The average molecular weight is 264 g/mol. The van der Waals surface area contributed by atoms with E-state index in [0.717, 1.165) is 18.0 Å². The maximum Gasteiger partial charge on any atom is 0.127 e. The molecule has 1 aromatic carbocycles. The molecule has 0 spiro atoms. The first-order chi connectivity index (χ1) is 9.25. The van der Waals surface area contributed by atoms with Gasteiger partial charge in [-0.25, -0.2) is 4.39 Å². The van der Waals surface area contributed by atoms with Crippen molar-refractivity contribution in [1.29, 1.82) is 0 Å². The van der Waals surface area contributed by atoms with Crippen LogP contribution in [-0.2, 0) is 6.54 Å². The predicted molar refractivity (Wildman–Crippen MR) is 77.6 cm³/mol. The lowest BCUT2D eigenvalue weighted by Gasteiger charge is -2.24. The van der Waals surface area contributed by atoms with E-state index in [-0.39, 0.29) is 5.82 Å². The number of nitrogens with one attached hydrogen (secondary N) is 1. The highest BCUT2D eigenvalue weighted by Crippen LogP contribution is 2.16. The fourth-order valence-electron chi connectivity index (χ4n) is 2.82. The average Bonchev–Trinajstić information content (AvgIpc) is 2.43. The lowest BCUT2D eigenvalue weighted by Crippen LogP contribution is -2.30. The molecule has 1 atom stereocenters. The van der Waals surface area contributed by atoms with Gasteiger partial charge in [0.15, 0.2) is 0 Å². The third-order valence-electron chi connectivity index (χ3n) is 3.95. The van der Waals surface area contributed by atoms with Crippen LogP contribution in [-0.4, -0.2) is 31.6 Å². The standard InChI is InChI=1S/C16H25FN2/c1-19(13-15-8-2-3-9-16(15)17)11-5-7-14-6-4-10-18-12-14/h2-3,8-9,14,18H,4-7,10-13H2,1H3. The Hall–Kier alpha value is -0.930. The van der Waals surface area contributed by atoms with Crippen molar-refractivity contribution in [2.75, 3.05) is 26.7 Å². The van der Waals surface area contributed by atoms with Crippen LogP contribution in [0.1, 0.15) is 31.2 Å². The van der Waals surface area contributed by atoms with Crippen LogP contribution in [0.3, 0.4) is 0 Å². The summed E-state index contributed by atoms with van der Waals surface area (Å²) in [6.07, 6.45) is 5.17. The molecule has 3 heteroatoms. The van der Waals surface area contributed by atoms with Gasteiger partial charge in [-0.05, 0) is 64.3 Å². The second-order valence-corrected chi connectivity index (χ2v) is 5.68. The van der Waals surface area contributed by atoms with Gasteiger partial charge in [-0.15, -0.1) is 0 Å². The van der Waals surface area contributed by atoms with E-state index in [4.69, 9.17) is 0 Å². The van der Waals surface area contributed by atoms with E-state index in [0.29, 0.717) is 6.54 Å². The van der Waals surface area contributed by atoms with Crippen LogP contribution in [0.15, 0.2) is 24.3 Å². The molecule has 1 unspecified atom stereocenters. The third-order valence-corrected chi connectivity index (χ3v) is 3.95. The van der Waals surface area contributed by atoms with E-state index >= 15 is 0 Å². The highest BCUT2D eigenvalue weighted by molar-refractivity contribution is 5.16. The van der Waals surface area contributed by atoms with Gasteiger partial charge in [0.2, 0.25) is 0 Å². The smallest absolute Gasteiger partial charge is 0.127 e. The lowest BCUT2D eigenvalue weighted by molar-refractivity contribution is 0.285. The Kier molecular flexibility index (Phi) is 5.80. The largest absolute Gasteiger partial charge is 0.316 e. The minimum atomic E-state index is -0.0918. The summed E-state index contributed by atoms with van der Waals surface area (Å²) in [5, 5.41) is 3.46. The number of piperidine rings is 1. The molecule has 1 fully saturated rings. The van der Waals surface area contributed by atoms with Gasteiger partial charge in [-0.1, -0.05) is 18.2 Å². The number of hydrogen-bond acceptors (Lipinski definition) is 2. The SMILES string of the molecule is CN(CCCC1CCCNC1)Cc1ccccc1F. The molecule has 0 aromatic heterocycles. The molecule has 2 rings (SSSR count). The Morgan fingerprint density at radius 2 is 2.21 bits per heavy atom. The number of benzene rings is 1. The summed E-state index contributed by atoms with van der Waals surface area (Å²) < 4.78 is 13.5. The molecular weight excluding hydrogens is 239 g/mol. The van der Waals surface area contributed by atoms with Crippen LogP contribution in [0.4, 0.5) is 4.39 Å². The van der Waals surface area contributed by atoms with Crippen molar-refractivity contribution < 1.29 is 4.39 Å². The fourth-order valence-corrected chi connectivity index (χ4v) is 2.82. The van der Waals surface area contributed by atoms with E-state index in [1.54, 1.807) is 6.07 Å². The Bertz CT molecular complexity index is 375. The van der Waals surface area contributed by atoms with Crippen LogP contribution in [0, 0.1) is 11.7 Å². The summed E-state index contributed by atoms with van der Waals surface area (Å²) >= 11 is 0. The molecule has 0 saturated carbocycles. The predicted octanol–water partition coefficient (Wildman–Crippen LogP) is 3.04. The minimum Gasteiger partial charge on any atom is -0.316 e. The lowest BCUT2D eigenvalue weighted by atomic mass is 9.95. The molecule has 2 nitrogen and oxygen atoms in total. The molecular formula is C16H25FN2. The molecule has 0 aliphatic carbocycles. The fraction of sp³-hybridized carbons (Fsp3) is 0.625. The number of nitrogens with zero attached hydrogens (tertiary/aromatic N) is 1. The topological polar surface area (TPSA) is 15.3 Å². The Morgan fingerprint density at radius 1 is 1.37 bits per heavy atom. The van der Waals surface area contributed by atoms with Crippen LogP contribution in [0.5, 0.6) is 0 Å². The van der Waals surface area contributed by atoms with Gasteiger partial charge in [0.1, 0.15) is 5.82 Å². The monoisotopic (exact) mass is 264 g/mol. The van der Waals surface area contributed by atoms with Gasteiger partial charge in [-0.3, -0.25) is 0 Å². The van der Waals surface area contributed by atoms with Crippen LogP contribution < -0.4 is 5.32 Å². The Balaban J connectivity index is 1.67. The summed E-state index contributed by atoms with van der Waals surface area (Å²) in [6, 6.07) is 7.06. The highest BCUT2D eigenvalue weighted by Gasteiger charge is 2.12. The number of rotatable bonds is 6. The van der Waals surface area contributed by atoms with Crippen molar-refractivity contribution in [3.05, 3.63) is 35.6 Å². The molecule has 0 bridgehead atoms. The zero-order valence-corrected chi connectivity index (χ0v) is 11.9. The van der Waals surface area contributed by atoms with Crippen molar-refractivity contribution in [2.24, 2.45) is 5.92 Å². The Morgan fingerprint density at radius 3 is 2.95 bits per heavy atom. The van der Waals surface area contributed by atoms with E-state index in [1.807, 2.05) is 12.1 Å². The van der Waals surface area contributed by atoms with E-state index in [9.17, 15) is 4.39 Å². The van der Waals surface area contributed by atoms with Gasteiger partial charge >= 0.3 is 0 Å². The highest BCUT2D eigenvalue weighted by atomic mass is 19.1. The van der Waals surface area contributed by atoms with E-state index < -0.39 is 0 Å². The van der Waals surface area contributed by atoms with Crippen LogP contribution in [0.25, 0.3) is 0 Å². The first-order valence-electron chi connectivity index (χ1n) is 7.38. The summed E-state index contributed by atoms with van der Waals surface area (Å²) in [4.78, 5) is 2.22. The van der Waals surface area contributed by atoms with Crippen LogP contribution >= 0.6 is 0 Å². The van der Waals surface area contributed by atoms with Gasteiger partial charge in [0.25, 0.3) is 0 Å². The number of halogens is 1. The van der Waals surface area contributed by atoms with Crippen molar-refractivity contribution >= 4 is 0 Å². The summed E-state index contributed by atoms with van der Waals surface area (Å²) in [6.45, 7) is 4.11. The molecule has 1 heterocycles. The van der Waals surface area contributed by atoms with Gasteiger partial charge < -0.3 is 10.2 Å². The van der Waals surface area contributed by atoms with Gasteiger partial charge in [0, 0.05) is 12.1 Å². The zero-order valence-electron chi connectivity index (χ0n) is 11.9. The van der Waals surface area contributed by atoms with Crippen molar-refractivity contribution in [3.63, 3.8) is 0 Å². The first kappa shape index (κ1) is 14.5. The van der Waals surface area contributed by atoms with Crippen molar-refractivity contribution in [3.8, 4) is 0 Å². The first-order valence-corrected chi connectivity index (χ1v) is 7.38. The molecule has 1 aliphatic rings. The second kappa shape index (κ2) is 7.61. The third kappa shape index (κ3) is 4.92. The molecule has 1 saturated heterocycles. The maximum absolute atomic E-state index is 13.5. The van der Waals surface area contributed by atoms with Crippen molar-refractivity contribution in [2.45, 2.75) is 32.2 Å². The molecule has 19 heavy (non-hydrogen) atoms. The van der Waals surface area contributed by atoms with E-state index in [1.165, 1.54) is 44.8 Å². The quantitative estimate of drug-likeness (QED) is 0.849. The molecule has 1 N–H and O–H groups in total. The summed E-state index contributed by atoms with van der Waals surface area (Å²) in [5.74, 6) is 0.751. The normalized spacial score (nSPS) is 19.8. The second-order valence-electron chi connectivity index (χ2n) is 5.68. The zero-order chi connectivity index (χ0) is 13.5. The molecule has 0 radical (unpaired) electrons.